The summed E-state index contributed by atoms with van der Waals surface area (Å²) in [6.07, 6.45) is 2.00. The van der Waals surface area contributed by atoms with Gasteiger partial charge in [0.25, 0.3) is 0 Å². The summed E-state index contributed by atoms with van der Waals surface area (Å²) in [5.41, 5.74) is 8.89. The molecule has 29 heavy (non-hydrogen) atoms. The summed E-state index contributed by atoms with van der Waals surface area (Å²) in [6, 6.07) is 8.36. The number of hydrogen-bond acceptors (Lipinski definition) is 6. The van der Waals surface area contributed by atoms with Gasteiger partial charge in [-0.05, 0) is 43.5 Å². The van der Waals surface area contributed by atoms with E-state index >= 15 is 0 Å². The Labute approximate surface area is 175 Å². The molecule has 0 radical (unpaired) electrons. The third-order valence-corrected chi connectivity index (χ3v) is 5.19. The quantitative estimate of drug-likeness (QED) is 0.807. The molecule has 2 heterocycles. The van der Waals surface area contributed by atoms with Gasteiger partial charge in [-0.25, -0.2) is 9.97 Å². The van der Waals surface area contributed by atoms with Crippen molar-refractivity contribution in [1.29, 1.82) is 0 Å². The average molecular weight is 398 g/mol. The fourth-order valence-electron chi connectivity index (χ4n) is 3.65. The number of aromatic nitrogens is 2. The lowest BCUT2D eigenvalue weighted by atomic mass is 9.85. The molecule has 0 unspecified atom stereocenters. The molecule has 0 aliphatic carbocycles. The Bertz CT molecular complexity index is 807. The van der Waals surface area contributed by atoms with Crippen LogP contribution in [-0.2, 0) is 5.41 Å². The van der Waals surface area contributed by atoms with Crippen LogP contribution >= 0.6 is 0 Å². The van der Waals surface area contributed by atoms with E-state index in [0.29, 0.717) is 6.54 Å². The van der Waals surface area contributed by atoms with E-state index in [1.807, 2.05) is 12.3 Å². The molecular formula is C23H35N5O. The van der Waals surface area contributed by atoms with Gasteiger partial charge in [0.2, 0.25) is 5.95 Å². The van der Waals surface area contributed by atoms with E-state index < -0.39 is 0 Å². The van der Waals surface area contributed by atoms with E-state index in [4.69, 9.17) is 15.5 Å². The minimum absolute atomic E-state index is 0.0184. The Morgan fingerprint density at radius 3 is 2.45 bits per heavy atom. The highest BCUT2D eigenvalue weighted by molar-refractivity contribution is 5.64. The first kappa shape index (κ1) is 21.5. The molecular weight excluding hydrogens is 362 g/mol. The molecule has 0 spiro atoms. The maximum atomic E-state index is 6.06. The minimum Gasteiger partial charge on any atom is -0.491 e. The van der Waals surface area contributed by atoms with Crippen molar-refractivity contribution in [2.24, 2.45) is 5.73 Å². The molecule has 0 atom stereocenters. The van der Waals surface area contributed by atoms with Gasteiger partial charge in [-0.15, -0.1) is 0 Å². The van der Waals surface area contributed by atoms with E-state index in [1.54, 1.807) is 0 Å². The van der Waals surface area contributed by atoms with Crippen molar-refractivity contribution in [2.45, 2.75) is 46.1 Å². The minimum atomic E-state index is -0.0184. The second kappa shape index (κ2) is 9.09. The lowest BCUT2D eigenvalue weighted by molar-refractivity contribution is 0.236. The van der Waals surface area contributed by atoms with Gasteiger partial charge >= 0.3 is 0 Å². The fourth-order valence-corrected chi connectivity index (χ4v) is 3.65. The molecule has 6 nitrogen and oxygen atoms in total. The molecule has 1 saturated heterocycles. The number of piperazine rings is 1. The zero-order chi connectivity index (χ0) is 21.0. The van der Waals surface area contributed by atoms with Crippen LogP contribution in [0.1, 0.15) is 40.2 Å². The van der Waals surface area contributed by atoms with Gasteiger partial charge in [0.1, 0.15) is 5.75 Å². The van der Waals surface area contributed by atoms with Crippen molar-refractivity contribution in [2.75, 3.05) is 44.2 Å². The summed E-state index contributed by atoms with van der Waals surface area (Å²) in [4.78, 5) is 14.1. The van der Waals surface area contributed by atoms with E-state index in [1.165, 1.54) is 5.56 Å². The third-order valence-electron chi connectivity index (χ3n) is 5.19. The molecule has 0 bridgehead atoms. The van der Waals surface area contributed by atoms with Crippen LogP contribution in [0.5, 0.6) is 5.75 Å². The van der Waals surface area contributed by atoms with Crippen LogP contribution in [0.3, 0.4) is 0 Å². The van der Waals surface area contributed by atoms with Crippen molar-refractivity contribution >= 4 is 5.95 Å². The second-order valence-electron chi connectivity index (χ2n) is 8.99. The molecule has 1 aromatic heterocycles. The number of anilines is 1. The summed E-state index contributed by atoms with van der Waals surface area (Å²) in [5.74, 6) is 1.75. The number of rotatable bonds is 6. The van der Waals surface area contributed by atoms with Crippen LogP contribution in [-0.4, -0.2) is 60.2 Å². The molecule has 0 amide bonds. The molecule has 3 rings (SSSR count). The molecule has 1 aliphatic rings. The van der Waals surface area contributed by atoms with Crippen LogP contribution < -0.4 is 15.4 Å². The predicted molar refractivity (Wildman–Crippen MR) is 120 cm³/mol. The first-order chi connectivity index (χ1) is 13.8. The number of hydrogen-bond donors (Lipinski definition) is 1. The largest absolute Gasteiger partial charge is 0.491 e. The van der Waals surface area contributed by atoms with E-state index in [0.717, 1.165) is 55.7 Å². The van der Waals surface area contributed by atoms with Crippen LogP contribution in [0.15, 0.2) is 30.5 Å². The summed E-state index contributed by atoms with van der Waals surface area (Å²) < 4.78 is 6.06. The van der Waals surface area contributed by atoms with Crippen molar-refractivity contribution in [3.8, 4) is 17.0 Å². The molecule has 6 heteroatoms. The standard InChI is InChI=1S/C23H35N5O/c1-17(2)29-21-7-6-18(16-19(21)23(3,4)5)20-8-10-25-22(26-20)28-14-12-27(11-9-24)13-15-28/h6-8,10,16-17H,9,11-15,24H2,1-5H3. The number of nitrogens with zero attached hydrogens (tertiary/aromatic N) is 4. The van der Waals surface area contributed by atoms with Crippen molar-refractivity contribution in [3.63, 3.8) is 0 Å². The van der Waals surface area contributed by atoms with Gasteiger partial charge in [0.15, 0.2) is 0 Å². The van der Waals surface area contributed by atoms with Gasteiger partial charge in [-0.1, -0.05) is 20.8 Å². The second-order valence-corrected chi connectivity index (χ2v) is 8.99. The Hall–Kier alpha value is -2.18. The highest BCUT2D eigenvalue weighted by Crippen LogP contribution is 2.35. The smallest absolute Gasteiger partial charge is 0.225 e. The van der Waals surface area contributed by atoms with Crippen LogP contribution in [0.4, 0.5) is 5.95 Å². The number of benzene rings is 1. The van der Waals surface area contributed by atoms with Crippen molar-refractivity contribution in [3.05, 3.63) is 36.0 Å². The van der Waals surface area contributed by atoms with Crippen LogP contribution in [0, 0.1) is 0 Å². The highest BCUT2D eigenvalue weighted by Gasteiger charge is 2.22. The van der Waals surface area contributed by atoms with E-state index in [-0.39, 0.29) is 11.5 Å². The molecule has 1 fully saturated rings. The summed E-state index contributed by atoms with van der Waals surface area (Å²) >= 11 is 0. The molecule has 1 aromatic carbocycles. The first-order valence-corrected chi connectivity index (χ1v) is 10.6. The highest BCUT2D eigenvalue weighted by atomic mass is 16.5. The monoisotopic (exact) mass is 397 g/mol. The topological polar surface area (TPSA) is 67.5 Å². The maximum Gasteiger partial charge on any atom is 0.225 e. The maximum absolute atomic E-state index is 6.06. The van der Waals surface area contributed by atoms with Crippen LogP contribution in [0.25, 0.3) is 11.3 Å². The Kier molecular flexibility index (Phi) is 6.75. The SMILES string of the molecule is CC(C)Oc1ccc(-c2ccnc(N3CCN(CCN)CC3)n2)cc1C(C)(C)C. The summed E-state index contributed by atoms with van der Waals surface area (Å²) in [5, 5.41) is 0. The Morgan fingerprint density at radius 2 is 1.83 bits per heavy atom. The normalized spacial score (nSPS) is 15.8. The van der Waals surface area contributed by atoms with Gasteiger partial charge in [0, 0.05) is 56.6 Å². The van der Waals surface area contributed by atoms with Gasteiger partial charge in [0.05, 0.1) is 11.8 Å². The molecule has 2 N–H and O–H groups in total. The Balaban J connectivity index is 1.85. The van der Waals surface area contributed by atoms with Crippen molar-refractivity contribution in [1.82, 2.24) is 14.9 Å². The Morgan fingerprint density at radius 1 is 1.10 bits per heavy atom. The zero-order valence-electron chi connectivity index (χ0n) is 18.5. The van der Waals surface area contributed by atoms with E-state index in [9.17, 15) is 0 Å². The van der Waals surface area contributed by atoms with Gasteiger partial charge in [-0.3, -0.25) is 4.90 Å². The lowest BCUT2D eigenvalue weighted by Crippen LogP contribution is -2.48. The fraction of sp³-hybridized carbons (Fsp3) is 0.565. The number of nitrogens with two attached hydrogens (primary N) is 1. The molecule has 0 saturated carbocycles. The molecule has 2 aromatic rings. The third kappa shape index (κ3) is 5.46. The predicted octanol–water partition coefficient (Wildman–Crippen LogP) is 3.31. The zero-order valence-corrected chi connectivity index (χ0v) is 18.5. The lowest BCUT2D eigenvalue weighted by Gasteiger charge is -2.34. The first-order valence-electron chi connectivity index (χ1n) is 10.6. The number of ether oxygens (including phenoxy) is 1. The summed E-state index contributed by atoms with van der Waals surface area (Å²) in [7, 11) is 0. The van der Waals surface area contributed by atoms with Crippen LogP contribution in [0.2, 0.25) is 0 Å². The van der Waals surface area contributed by atoms with Crippen molar-refractivity contribution < 1.29 is 4.74 Å². The van der Waals surface area contributed by atoms with Gasteiger partial charge in [-0.2, -0.15) is 0 Å². The average Bonchev–Trinajstić information content (AvgIpc) is 2.68. The summed E-state index contributed by atoms with van der Waals surface area (Å²) in [6.45, 7) is 16.3. The van der Waals surface area contributed by atoms with E-state index in [2.05, 4.69) is 67.6 Å². The van der Waals surface area contributed by atoms with Gasteiger partial charge < -0.3 is 15.4 Å². The molecule has 1 aliphatic heterocycles. The molecule has 158 valence electrons.